The molecular weight excluding hydrogens is 999 g/mol. The van der Waals surface area contributed by atoms with Gasteiger partial charge in [-0.1, -0.05) is 73.9 Å². The molecule has 3 aliphatic rings. The van der Waals surface area contributed by atoms with Crippen LogP contribution in [-0.4, -0.2) is 176 Å². The minimum Gasteiger partial charge on any atom is -0.508 e. The lowest BCUT2D eigenvalue weighted by Gasteiger charge is -2.36. The molecule has 0 bridgehead atoms. The molecule has 0 radical (unpaired) electrons. The number of amides is 7. The van der Waals surface area contributed by atoms with Crippen LogP contribution in [0.1, 0.15) is 133 Å². The number of rotatable bonds is 14. The third-order valence-electron chi connectivity index (χ3n) is 14.8. The number of fused-ring (bicyclic) bond motifs is 1. The summed E-state index contributed by atoms with van der Waals surface area (Å²) >= 11 is 0. The minimum atomic E-state index is -1.78. The first-order valence-corrected chi connectivity index (χ1v) is 27.2. The number of hydrogen-bond donors (Lipinski definition) is 7. The molecule has 4 rings (SSSR count). The first kappa shape index (κ1) is 63.4. The van der Waals surface area contributed by atoms with Gasteiger partial charge in [0.05, 0.1) is 24.5 Å². The Morgan fingerprint density at radius 2 is 1.44 bits per heavy atom. The average Bonchev–Trinajstić information content (AvgIpc) is 4.07. The van der Waals surface area contributed by atoms with Crippen LogP contribution in [-0.2, 0) is 63.8 Å². The highest BCUT2D eigenvalue weighted by Gasteiger charge is 2.45. The lowest BCUT2D eigenvalue weighted by atomic mass is 9.91. The van der Waals surface area contributed by atoms with Crippen molar-refractivity contribution in [1.82, 2.24) is 36.0 Å². The number of benzene rings is 1. The Labute approximate surface area is 452 Å². The lowest BCUT2D eigenvalue weighted by Crippen LogP contribution is -2.62. The van der Waals surface area contributed by atoms with E-state index in [1.165, 1.54) is 66.8 Å². The highest BCUT2D eigenvalue weighted by Crippen LogP contribution is 2.26. The summed E-state index contributed by atoms with van der Waals surface area (Å²) in [7, 11) is 1.39. The van der Waals surface area contributed by atoms with Crippen molar-refractivity contribution in [2.24, 2.45) is 29.6 Å². The summed E-state index contributed by atoms with van der Waals surface area (Å²) < 4.78 is 11.7. The highest BCUT2D eigenvalue weighted by molar-refractivity contribution is 6.05. The zero-order chi connectivity index (χ0) is 57.7. The fourth-order valence-electron chi connectivity index (χ4n) is 10.1. The van der Waals surface area contributed by atoms with Gasteiger partial charge in [-0.25, -0.2) is 4.79 Å². The number of cyclic esters (lactones) is 2. The van der Waals surface area contributed by atoms with Crippen molar-refractivity contribution < 1.29 is 72.7 Å². The number of aromatic hydroxyl groups is 1. The molecule has 3 heterocycles. The third kappa shape index (κ3) is 16.9. The molecule has 77 heavy (non-hydrogen) atoms. The van der Waals surface area contributed by atoms with Gasteiger partial charge in [-0.15, -0.1) is 0 Å². The van der Waals surface area contributed by atoms with E-state index >= 15 is 0 Å². The molecule has 1 aromatic rings. The van der Waals surface area contributed by atoms with E-state index in [0.29, 0.717) is 24.8 Å². The number of hydrogen-bond acceptors (Lipinski definition) is 15. The van der Waals surface area contributed by atoms with Crippen molar-refractivity contribution >= 4 is 59.1 Å². The summed E-state index contributed by atoms with van der Waals surface area (Å²) in [6.07, 6.45) is -5.22. The molecule has 0 saturated carbocycles. The van der Waals surface area contributed by atoms with Crippen molar-refractivity contribution in [3.63, 3.8) is 0 Å². The van der Waals surface area contributed by atoms with Crippen LogP contribution in [0, 0.1) is 29.6 Å². The van der Waals surface area contributed by atoms with E-state index in [4.69, 9.17) is 9.47 Å². The number of ketones is 1. The van der Waals surface area contributed by atoms with Crippen molar-refractivity contribution in [3.05, 3.63) is 29.8 Å². The molecule has 3 aliphatic heterocycles. The lowest BCUT2D eigenvalue weighted by molar-refractivity contribution is -0.162. The molecule has 22 heteroatoms. The van der Waals surface area contributed by atoms with Gasteiger partial charge in [0.15, 0.2) is 11.9 Å². The smallest absolute Gasteiger partial charge is 0.329 e. The Hall–Kier alpha value is -6.16. The van der Waals surface area contributed by atoms with Crippen LogP contribution in [0.15, 0.2) is 24.3 Å². The van der Waals surface area contributed by atoms with Gasteiger partial charge in [0.25, 0.3) is 5.91 Å². The average molecular weight is 1080 g/mol. The Morgan fingerprint density at radius 3 is 2.03 bits per heavy atom. The van der Waals surface area contributed by atoms with Crippen LogP contribution in [0.2, 0.25) is 0 Å². The maximum Gasteiger partial charge on any atom is 0.329 e. The van der Waals surface area contributed by atoms with E-state index in [9.17, 15) is 63.3 Å². The van der Waals surface area contributed by atoms with Crippen molar-refractivity contribution in [2.75, 3.05) is 20.1 Å². The van der Waals surface area contributed by atoms with Gasteiger partial charge in [-0.3, -0.25) is 43.2 Å². The molecule has 3 fully saturated rings. The van der Waals surface area contributed by atoms with Gasteiger partial charge in [0.2, 0.25) is 35.4 Å². The summed E-state index contributed by atoms with van der Waals surface area (Å²) in [5, 5.41) is 42.9. The zero-order valence-electron chi connectivity index (χ0n) is 46.9. The molecule has 7 N–H and O–H groups in total. The predicted molar refractivity (Wildman–Crippen MR) is 281 cm³/mol. The quantitative estimate of drug-likeness (QED) is 0.103. The number of likely N-dealkylation sites (tertiary alicyclic amines) is 1. The predicted octanol–water partition coefficient (Wildman–Crippen LogP) is 1.67. The molecular formula is C55H85N7O15. The number of carbonyl (C=O) groups excluding carboxylic acids is 10. The van der Waals surface area contributed by atoms with Crippen LogP contribution >= 0.6 is 0 Å². The Balaban J connectivity index is 1.85. The fourth-order valence-corrected chi connectivity index (χ4v) is 10.1. The first-order valence-electron chi connectivity index (χ1n) is 27.2. The summed E-state index contributed by atoms with van der Waals surface area (Å²) in [4.78, 5) is 146. The van der Waals surface area contributed by atoms with E-state index in [1.807, 2.05) is 27.7 Å². The van der Waals surface area contributed by atoms with Gasteiger partial charge in [-0.2, -0.15) is 0 Å². The number of likely N-dealkylation sites (N-methyl/N-ethyl adjacent to an activating group) is 1. The number of aliphatic hydroxyl groups excluding tert-OH is 2. The third-order valence-corrected chi connectivity index (χ3v) is 14.8. The van der Waals surface area contributed by atoms with Crippen LogP contribution in [0.25, 0.3) is 0 Å². The number of ether oxygens (including phenoxy) is 2. The minimum absolute atomic E-state index is 0.0620. The topological polar surface area (TPSA) is 308 Å². The number of carbonyl (C=O) groups is 10. The van der Waals surface area contributed by atoms with E-state index < -0.39 is 150 Å². The van der Waals surface area contributed by atoms with E-state index in [1.54, 1.807) is 27.7 Å². The number of nitrogens with one attached hydrogen (secondary N) is 4. The number of nitrogens with zero attached hydrogens (tertiary/aromatic N) is 3. The second-order valence-electron chi connectivity index (χ2n) is 22.4. The molecule has 7 amide bonds. The Morgan fingerprint density at radius 1 is 0.818 bits per heavy atom. The summed E-state index contributed by atoms with van der Waals surface area (Å²) in [6, 6.07) is -3.30. The van der Waals surface area contributed by atoms with Crippen molar-refractivity contribution in [3.8, 4) is 5.75 Å². The molecule has 0 aliphatic carbocycles. The molecule has 22 nitrogen and oxygen atoms in total. The molecule has 3 saturated heterocycles. The largest absolute Gasteiger partial charge is 0.508 e. The number of phenolic OH excluding ortho intramolecular Hbond substituents is 1. The van der Waals surface area contributed by atoms with Crippen LogP contribution in [0.4, 0.5) is 0 Å². The second-order valence-corrected chi connectivity index (χ2v) is 22.4. The van der Waals surface area contributed by atoms with Crippen molar-refractivity contribution in [2.45, 2.75) is 201 Å². The maximum absolute atomic E-state index is 14.9. The number of phenols is 1. The number of Topliss-reactive ketones (excluding diaryl/α,β-unsaturated/α-hetero) is 1. The molecule has 13 atom stereocenters. The van der Waals surface area contributed by atoms with Gasteiger partial charge in [0.1, 0.15) is 54.2 Å². The fraction of sp³-hybridized carbons (Fsp3) is 0.709. The number of esters is 2. The summed E-state index contributed by atoms with van der Waals surface area (Å²) in [5.41, 5.74) is 0.462. The van der Waals surface area contributed by atoms with E-state index in [-0.39, 0.29) is 62.8 Å². The SMILES string of the molecule is CC[C@H](C)[C@H]1NC(=O)[C@@H](NC(=O)[C@@H](CC(C)C)N(C)C(=O)[C@@H]2CCCN2C(=O)[C@H](C)O)[C@@H](C)OC(=O)[C@H](Cc2ccc(O)cc2)NC(=O)[C@@H]2CCCN2C(=O)[C@H](CC(C)C)NC(=O)[C@@H](C)C(=O)[C@H](C(C)C)OC(=O)C[C@@H]1O. The second kappa shape index (κ2) is 28.5. The molecule has 430 valence electrons. The monoisotopic (exact) mass is 1080 g/mol. The van der Waals surface area contributed by atoms with Gasteiger partial charge < -0.3 is 60.8 Å². The van der Waals surface area contributed by atoms with Gasteiger partial charge in [0, 0.05) is 26.6 Å². The van der Waals surface area contributed by atoms with Gasteiger partial charge in [-0.05, 0) is 101 Å². The Kier molecular flexibility index (Phi) is 23.4. The molecule has 0 unspecified atom stereocenters. The number of aliphatic hydroxyl groups is 2. The highest BCUT2D eigenvalue weighted by atomic mass is 16.6. The molecule has 1 aromatic carbocycles. The first-order chi connectivity index (χ1) is 36.1. The normalized spacial score (nSPS) is 28.0. The van der Waals surface area contributed by atoms with E-state index in [2.05, 4.69) is 21.3 Å². The zero-order valence-corrected chi connectivity index (χ0v) is 46.9. The van der Waals surface area contributed by atoms with Crippen LogP contribution in [0.5, 0.6) is 5.75 Å². The summed E-state index contributed by atoms with van der Waals surface area (Å²) in [6.45, 7) is 18.2. The molecule has 0 spiro atoms. The van der Waals surface area contributed by atoms with E-state index in [0.717, 1.165) is 0 Å². The van der Waals surface area contributed by atoms with Gasteiger partial charge >= 0.3 is 11.9 Å². The molecule has 0 aromatic heterocycles. The van der Waals surface area contributed by atoms with Crippen molar-refractivity contribution in [1.29, 1.82) is 0 Å². The Bertz CT molecular complexity index is 2270. The standard InChI is InChI=1S/C55H85N7O15/c1-13-31(8)44-42(65)27-43(66)77-47(30(6)7)46(67)32(9)48(68)56-37(24-28(2)3)53(73)61-22-14-16-39(61)49(69)57-38(26-35-18-20-36(64)21-19-35)55(75)76-34(11)45(51(71)58-44)59-50(70)41(25-29(4)5)60(12)54(74)40-17-15-23-62(40)52(72)33(10)63/h18-21,28-34,37-42,44-45,47,63-65H,13-17,22-27H2,1-12H3,(H,56,68)(H,57,69)(H,58,71)(H,59,70)/t31-,32-,33-,34+,37-,38-,39-,40-,41+,42-,44+,45-,47-/m0/s1. The summed E-state index contributed by atoms with van der Waals surface area (Å²) in [5.74, 6) is -11.2. The maximum atomic E-state index is 14.9. The van der Waals surface area contributed by atoms with Crippen LogP contribution in [0.3, 0.4) is 0 Å². The van der Waals surface area contributed by atoms with Crippen LogP contribution < -0.4 is 21.3 Å².